The lowest BCUT2D eigenvalue weighted by atomic mass is 10.0. The molecule has 0 saturated heterocycles. The number of aliphatic hydroxyl groups is 1. The highest BCUT2D eigenvalue weighted by Gasteiger charge is 2.25. The summed E-state index contributed by atoms with van der Waals surface area (Å²) in [4.78, 5) is 0. The Bertz CT molecular complexity index is 158. The van der Waals surface area contributed by atoms with Crippen molar-refractivity contribution < 1.29 is 5.11 Å². The van der Waals surface area contributed by atoms with Gasteiger partial charge >= 0.3 is 0 Å². The average molecular weight is 199 g/mol. The number of rotatable bonds is 5. The van der Waals surface area contributed by atoms with E-state index < -0.39 is 0 Å². The normalized spacial score (nSPS) is 29.8. The van der Waals surface area contributed by atoms with E-state index in [4.69, 9.17) is 0 Å². The smallest absolute Gasteiger partial charge is 0.0693 e. The molecule has 0 spiro atoms. The fourth-order valence-electron chi connectivity index (χ4n) is 2.17. The van der Waals surface area contributed by atoms with E-state index in [0.29, 0.717) is 12.1 Å². The van der Waals surface area contributed by atoms with Crippen molar-refractivity contribution in [2.75, 3.05) is 0 Å². The molecule has 1 saturated carbocycles. The minimum atomic E-state index is -0.100. The molecule has 0 aromatic carbocycles. The predicted molar refractivity (Wildman–Crippen MR) is 60.3 cm³/mol. The monoisotopic (exact) mass is 199 g/mol. The molecule has 3 atom stereocenters. The van der Waals surface area contributed by atoms with Gasteiger partial charge < -0.3 is 10.4 Å². The Morgan fingerprint density at radius 2 is 1.93 bits per heavy atom. The zero-order chi connectivity index (χ0) is 10.6. The van der Waals surface area contributed by atoms with Crippen molar-refractivity contribution in [2.24, 2.45) is 5.92 Å². The van der Waals surface area contributed by atoms with Crippen LogP contribution in [0.25, 0.3) is 0 Å². The van der Waals surface area contributed by atoms with Crippen LogP contribution in [0.3, 0.4) is 0 Å². The Morgan fingerprint density at radius 3 is 2.43 bits per heavy atom. The SMILES string of the molecule is CC(C)CCC(C)NC1CCCC1O. The first-order valence-corrected chi connectivity index (χ1v) is 6.03. The summed E-state index contributed by atoms with van der Waals surface area (Å²) in [7, 11) is 0. The summed E-state index contributed by atoms with van der Waals surface area (Å²) in [5.74, 6) is 0.785. The molecule has 0 aromatic heterocycles. The Labute approximate surface area is 88.1 Å². The minimum Gasteiger partial charge on any atom is -0.392 e. The second-order valence-electron chi connectivity index (χ2n) is 5.14. The van der Waals surface area contributed by atoms with Crippen molar-refractivity contribution >= 4 is 0 Å². The summed E-state index contributed by atoms with van der Waals surface area (Å²) < 4.78 is 0. The molecule has 1 rings (SSSR count). The van der Waals surface area contributed by atoms with E-state index in [1.807, 2.05) is 0 Å². The van der Waals surface area contributed by atoms with Crippen LogP contribution >= 0.6 is 0 Å². The van der Waals surface area contributed by atoms with E-state index in [-0.39, 0.29) is 6.10 Å². The van der Waals surface area contributed by atoms with Crippen molar-refractivity contribution in [1.82, 2.24) is 5.32 Å². The standard InChI is InChI=1S/C12H25NO/c1-9(2)7-8-10(3)13-11-5-4-6-12(11)14/h9-14H,4-8H2,1-3H3. The third-order valence-corrected chi connectivity index (χ3v) is 3.16. The van der Waals surface area contributed by atoms with Gasteiger partial charge in [-0.3, -0.25) is 0 Å². The number of aliphatic hydroxyl groups excluding tert-OH is 1. The molecule has 0 heterocycles. The maximum Gasteiger partial charge on any atom is 0.0693 e. The predicted octanol–water partition coefficient (Wildman–Crippen LogP) is 2.31. The average Bonchev–Trinajstić information content (AvgIpc) is 2.49. The molecular formula is C12H25NO. The van der Waals surface area contributed by atoms with Crippen LogP contribution in [0, 0.1) is 5.92 Å². The molecule has 0 amide bonds. The van der Waals surface area contributed by atoms with E-state index >= 15 is 0 Å². The molecule has 3 unspecified atom stereocenters. The lowest BCUT2D eigenvalue weighted by molar-refractivity contribution is 0.142. The summed E-state index contributed by atoms with van der Waals surface area (Å²) >= 11 is 0. The number of hydrogen-bond donors (Lipinski definition) is 2. The Morgan fingerprint density at radius 1 is 1.21 bits per heavy atom. The Balaban J connectivity index is 2.16. The van der Waals surface area contributed by atoms with Crippen LogP contribution in [-0.4, -0.2) is 23.3 Å². The summed E-state index contributed by atoms with van der Waals surface area (Å²) in [6, 6.07) is 0.910. The van der Waals surface area contributed by atoms with Crippen LogP contribution in [0.1, 0.15) is 52.9 Å². The summed E-state index contributed by atoms with van der Waals surface area (Å²) in [5.41, 5.74) is 0. The molecule has 0 radical (unpaired) electrons. The van der Waals surface area contributed by atoms with Gasteiger partial charge in [0, 0.05) is 12.1 Å². The van der Waals surface area contributed by atoms with Crippen molar-refractivity contribution in [1.29, 1.82) is 0 Å². The van der Waals surface area contributed by atoms with Gasteiger partial charge in [0.05, 0.1) is 6.10 Å². The second-order valence-corrected chi connectivity index (χ2v) is 5.14. The maximum absolute atomic E-state index is 9.65. The summed E-state index contributed by atoms with van der Waals surface area (Å²) in [6.45, 7) is 6.75. The van der Waals surface area contributed by atoms with Gasteiger partial charge in [0.15, 0.2) is 0 Å². The first-order valence-electron chi connectivity index (χ1n) is 6.03. The second kappa shape index (κ2) is 5.72. The van der Waals surface area contributed by atoms with E-state index in [2.05, 4.69) is 26.1 Å². The largest absolute Gasteiger partial charge is 0.392 e. The van der Waals surface area contributed by atoms with Crippen molar-refractivity contribution in [2.45, 2.75) is 71.1 Å². The van der Waals surface area contributed by atoms with Crippen LogP contribution < -0.4 is 5.32 Å². The molecule has 0 aromatic rings. The van der Waals surface area contributed by atoms with Gasteiger partial charge in [-0.1, -0.05) is 13.8 Å². The summed E-state index contributed by atoms with van der Waals surface area (Å²) in [6.07, 6.45) is 5.70. The molecular weight excluding hydrogens is 174 g/mol. The zero-order valence-corrected chi connectivity index (χ0v) is 9.79. The molecule has 2 N–H and O–H groups in total. The lowest BCUT2D eigenvalue weighted by Gasteiger charge is -2.22. The number of nitrogens with one attached hydrogen (secondary N) is 1. The third kappa shape index (κ3) is 3.97. The van der Waals surface area contributed by atoms with Gasteiger partial charge in [0.25, 0.3) is 0 Å². The molecule has 84 valence electrons. The fraction of sp³-hybridized carbons (Fsp3) is 1.00. The highest BCUT2D eigenvalue weighted by Crippen LogP contribution is 2.20. The van der Waals surface area contributed by atoms with E-state index in [0.717, 1.165) is 18.8 Å². The van der Waals surface area contributed by atoms with Crippen LogP contribution in [0.15, 0.2) is 0 Å². The third-order valence-electron chi connectivity index (χ3n) is 3.16. The zero-order valence-electron chi connectivity index (χ0n) is 9.79. The van der Waals surface area contributed by atoms with E-state index in [1.165, 1.54) is 19.3 Å². The highest BCUT2D eigenvalue weighted by molar-refractivity contribution is 4.84. The van der Waals surface area contributed by atoms with Crippen LogP contribution in [0.2, 0.25) is 0 Å². The molecule has 0 bridgehead atoms. The molecule has 14 heavy (non-hydrogen) atoms. The van der Waals surface area contributed by atoms with Gasteiger partial charge in [0.2, 0.25) is 0 Å². The van der Waals surface area contributed by atoms with Crippen LogP contribution in [0.5, 0.6) is 0 Å². The lowest BCUT2D eigenvalue weighted by Crippen LogP contribution is -2.41. The van der Waals surface area contributed by atoms with Crippen LogP contribution in [0.4, 0.5) is 0 Å². The first kappa shape index (κ1) is 12.0. The molecule has 1 aliphatic rings. The highest BCUT2D eigenvalue weighted by atomic mass is 16.3. The van der Waals surface area contributed by atoms with Gasteiger partial charge in [-0.25, -0.2) is 0 Å². The molecule has 0 aliphatic heterocycles. The molecule has 1 fully saturated rings. The molecule has 2 heteroatoms. The topological polar surface area (TPSA) is 32.3 Å². The number of hydrogen-bond acceptors (Lipinski definition) is 2. The molecule has 1 aliphatic carbocycles. The van der Waals surface area contributed by atoms with Gasteiger partial charge in [0.1, 0.15) is 0 Å². The fourth-order valence-corrected chi connectivity index (χ4v) is 2.17. The Hall–Kier alpha value is -0.0800. The van der Waals surface area contributed by atoms with E-state index in [1.54, 1.807) is 0 Å². The Kier molecular flexibility index (Phi) is 4.90. The van der Waals surface area contributed by atoms with Gasteiger partial charge in [-0.15, -0.1) is 0 Å². The van der Waals surface area contributed by atoms with Crippen molar-refractivity contribution in [3.63, 3.8) is 0 Å². The maximum atomic E-state index is 9.65. The first-order chi connectivity index (χ1) is 6.59. The van der Waals surface area contributed by atoms with Gasteiger partial charge in [-0.2, -0.15) is 0 Å². The quantitative estimate of drug-likeness (QED) is 0.712. The van der Waals surface area contributed by atoms with Crippen LogP contribution in [-0.2, 0) is 0 Å². The van der Waals surface area contributed by atoms with Crippen molar-refractivity contribution in [3.05, 3.63) is 0 Å². The molecule has 2 nitrogen and oxygen atoms in total. The summed E-state index contributed by atoms with van der Waals surface area (Å²) in [5, 5.41) is 13.2. The minimum absolute atomic E-state index is 0.100. The van der Waals surface area contributed by atoms with E-state index in [9.17, 15) is 5.11 Å². The van der Waals surface area contributed by atoms with Crippen molar-refractivity contribution in [3.8, 4) is 0 Å². The van der Waals surface area contributed by atoms with Gasteiger partial charge in [-0.05, 0) is 44.9 Å².